The molecule has 2 N–H and O–H groups in total. The number of rotatable bonds is 1. The van der Waals surface area contributed by atoms with E-state index in [1.54, 1.807) is 7.11 Å². The third kappa shape index (κ3) is 1.85. The van der Waals surface area contributed by atoms with Crippen LogP contribution in [-0.2, 0) is 4.74 Å². The largest absolute Gasteiger partial charge is 0.364 e. The molecular weight excluding hydrogens is 134 g/mol. The first-order valence-corrected chi connectivity index (χ1v) is 4.34. The Morgan fingerprint density at radius 1 is 1.44 bits per heavy atom. The molecule has 0 radical (unpaired) electrons. The molecular formula is C6H13NOS. The van der Waals surface area contributed by atoms with Crippen molar-refractivity contribution in [2.24, 2.45) is 5.73 Å². The predicted molar refractivity (Wildman–Crippen MR) is 40.5 cm³/mol. The molecule has 0 atom stereocenters. The van der Waals surface area contributed by atoms with Crippen molar-refractivity contribution < 1.29 is 4.74 Å². The van der Waals surface area contributed by atoms with Crippen LogP contribution in [0.25, 0.3) is 0 Å². The molecule has 1 aliphatic rings. The summed E-state index contributed by atoms with van der Waals surface area (Å²) in [6.45, 7) is 0. The van der Waals surface area contributed by atoms with Crippen LogP contribution in [0, 0.1) is 0 Å². The highest BCUT2D eigenvalue weighted by molar-refractivity contribution is 7.99. The van der Waals surface area contributed by atoms with Crippen LogP contribution in [0.3, 0.4) is 0 Å². The third-order valence-corrected chi connectivity index (χ3v) is 2.73. The van der Waals surface area contributed by atoms with E-state index in [9.17, 15) is 0 Å². The topological polar surface area (TPSA) is 35.2 Å². The second-order valence-electron chi connectivity index (χ2n) is 2.38. The fourth-order valence-electron chi connectivity index (χ4n) is 0.921. The molecule has 0 saturated carbocycles. The van der Waals surface area contributed by atoms with Crippen LogP contribution in [0.4, 0.5) is 0 Å². The van der Waals surface area contributed by atoms with Gasteiger partial charge in [0.15, 0.2) is 0 Å². The number of methoxy groups -OCH3 is 1. The smallest absolute Gasteiger partial charge is 0.117 e. The Bertz CT molecular complexity index is 91.1. The van der Waals surface area contributed by atoms with Gasteiger partial charge in [-0.2, -0.15) is 11.8 Å². The van der Waals surface area contributed by atoms with Crippen LogP contribution in [0.5, 0.6) is 0 Å². The summed E-state index contributed by atoms with van der Waals surface area (Å²) in [5.74, 6) is 2.29. The van der Waals surface area contributed by atoms with Gasteiger partial charge in [-0.15, -0.1) is 0 Å². The molecule has 3 heteroatoms. The molecule has 9 heavy (non-hydrogen) atoms. The van der Waals surface area contributed by atoms with Crippen LogP contribution in [0.1, 0.15) is 12.8 Å². The Morgan fingerprint density at radius 3 is 2.33 bits per heavy atom. The quantitative estimate of drug-likeness (QED) is 0.558. The number of nitrogens with two attached hydrogens (primary N) is 1. The van der Waals surface area contributed by atoms with Crippen LogP contribution in [-0.4, -0.2) is 24.3 Å². The van der Waals surface area contributed by atoms with Gasteiger partial charge in [0.05, 0.1) is 0 Å². The highest BCUT2D eigenvalue weighted by Crippen LogP contribution is 2.24. The number of ether oxygens (including phenoxy) is 1. The van der Waals surface area contributed by atoms with Crippen LogP contribution >= 0.6 is 11.8 Å². The lowest BCUT2D eigenvalue weighted by atomic mass is 10.1. The molecule has 0 aliphatic carbocycles. The molecule has 0 aromatic rings. The van der Waals surface area contributed by atoms with Crippen molar-refractivity contribution in [1.82, 2.24) is 0 Å². The zero-order valence-corrected chi connectivity index (χ0v) is 6.54. The normalized spacial score (nSPS) is 26.0. The maximum absolute atomic E-state index is 5.82. The third-order valence-electron chi connectivity index (χ3n) is 1.75. The second-order valence-corrected chi connectivity index (χ2v) is 3.61. The summed E-state index contributed by atoms with van der Waals surface area (Å²) in [6, 6.07) is 0. The molecule has 1 rings (SSSR count). The van der Waals surface area contributed by atoms with Crippen molar-refractivity contribution in [3.63, 3.8) is 0 Å². The van der Waals surface area contributed by atoms with Gasteiger partial charge in [-0.1, -0.05) is 0 Å². The summed E-state index contributed by atoms with van der Waals surface area (Å²) in [6.07, 6.45) is 1.99. The fraction of sp³-hybridized carbons (Fsp3) is 1.00. The van der Waals surface area contributed by atoms with E-state index < -0.39 is 0 Å². The van der Waals surface area contributed by atoms with Crippen molar-refractivity contribution in [3.8, 4) is 0 Å². The van der Waals surface area contributed by atoms with Gasteiger partial charge in [0.1, 0.15) is 5.72 Å². The molecule has 1 aliphatic heterocycles. The highest BCUT2D eigenvalue weighted by Gasteiger charge is 2.26. The standard InChI is InChI=1S/C6H13NOS/c1-8-6(7)2-4-9-5-3-6/h2-5,7H2,1H3. The van der Waals surface area contributed by atoms with Gasteiger partial charge >= 0.3 is 0 Å². The lowest BCUT2D eigenvalue weighted by Crippen LogP contribution is -2.44. The number of hydrogen-bond acceptors (Lipinski definition) is 3. The first kappa shape index (κ1) is 7.38. The van der Waals surface area contributed by atoms with Gasteiger partial charge in [0.25, 0.3) is 0 Å². The van der Waals surface area contributed by atoms with E-state index in [1.807, 2.05) is 11.8 Å². The summed E-state index contributed by atoms with van der Waals surface area (Å²) in [5, 5.41) is 0. The highest BCUT2D eigenvalue weighted by atomic mass is 32.2. The molecule has 1 saturated heterocycles. The van der Waals surface area contributed by atoms with Gasteiger partial charge in [-0.3, -0.25) is 0 Å². The Morgan fingerprint density at radius 2 is 2.00 bits per heavy atom. The zero-order valence-electron chi connectivity index (χ0n) is 5.72. The molecule has 54 valence electrons. The predicted octanol–water partition coefficient (Wildman–Crippen LogP) is 0.815. The van der Waals surface area contributed by atoms with Crippen molar-refractivity contribution in [3.05, 3.63) is 0 Å². The summed E-state index contributed by atoms with van der Waals surface area (Å²) >= 11 is 1.95. The van der Waals surface area contributed by atoms with E-state index in [0.717, 1.165) is 24.3 Å². The van der Waals surface area contributed by atoms with Crippen LogP contribution < -0.4 is 5.73 Å². The van der Waals surface area contributed by atoms with E-state index in [-0.39, 0.29) is 5.72 Å². The minimum absolute atomic E-state index is 0.300. The van der Waals surface area contributed by atoms with Gasteiger partial charge in [0.2, 0.25) is 0 Å². The summed E-state index contributed by atoms with van der Waals surface area (Å²) < 4.78 is 5.14. The molecule has 0 aromatic heterocycles. The minimum Gasteiger partial charge on any atom is -0.364 e. The molecule has 1 heterocycles. The van der Waals surface area contributed by atoms with Crippen molar-refractivity contribution in [2.45, 2.75) is 18.6 Å². The minimum atomic E-state index is -0.300. The zero-order chi connectivity index (χ0) is 6.74. The van der Waals surface area contributed by atoms with Gasteiger partial charge in [0, 0.05) is 7.11 Å². The maximum Gasteiger partial charge on any atom is 0.117 e. The Hall–Kier alpha value is 0.270. The molecule has 0 amide bonds. The summed E-state index contributed by atoms with van der Waals surface area (Å²) in [7, 11) is 1.69. The van der Waals surface area contributed by atoms with Crippen molar-refractivity contribution >= 4 is 11.8 Å². The second kappa shape index (κ2) is 2.90. The first-order valence-electron chi connectivity index (χ1n) is 3.19. The van der Waals surface area contributed by atoms with Crippen molar-refractivity contribution in [2.75, 3.05) is 18.6 Å². The number of thioether (sulfide) groups is 1. The van der Waals surface area contributed by atoms with E-state index >= 15 is 0 Å². The molecule has 1 fully saturated rings. The lowest BCUT2D eigenvalue weighted by Gasteiger charge is -2.31. The fourth-order valence-corrected chi connectivity index (χ4v) is 2.10. The SMILES string of the molecule is COC1(N)CCSCC1. The maximum atomic E-state index is 5.82. The van der Waals surface area contributed by atoms with Gasteiger partial charge < -0.3 is 10.5 Å². The molecule has 0 aromatic carbocycles. The Labute approximate surface area is 60.1 Å². The van der Waals surface area contributed by atoms with Crippen LogP contribution in [0.2, 0.25) is 0 Å². The molecule has 0 unspecified atom stereocenters. The molecule has 0 bridgehead atoms. The van der Waals surface area contributed by atoms with E-state index in [1.165, 1.54) is 0 Å². The van der Waals surface area contributed by atoms with Crippen LogP contribution in [0.15, 0.2) is 0 Å². The van der Waals surface area contributed by atoms with E-state index in [4.69, 9.17) is 10.5 Å². The van der Waals surface area contributed by atoms with E-state index in [0.29, 0.717) is 0 Å². The Kier molecular flexibility index (Phi) is 2.38. The number of hydrogen-bond donors (Lipinski definition) is 1. The lowest BCUT2D eigenvalue weighted by molar-refractivity contribution is -0.0114. The van der Waals surface area contributed by atoms with E-state index in [2.05, 4.69) is 0 Å². The molecule has 2 nitrogen and oxygen atoms in total. The Balaban J connectivity index is 2.37. The summed E-state index contributed by atoms with van der Waals surface area (Å²) in [4.78, 5) is 0. The van der Waals surface area contributed by atoms with Crippen molar-refractivity contribution in [1.29, 1.82) is 0 Å². The molecule has 0 spiro atoms. The average molecular weight is 147 g/mol. The first-order chi connectivity index (χ1) is 4.27. The average Bonchev–Trinajstić information content (AvgIpc) is 1.90. The van der Waals surface area contributed by atoms with Gasteiger partial charge in [-0.25, -0.2) is 0 Å². The summed E-state index contributed by atoms with van der Waals surface area (Å²) in [5.41, 5.74) is 5.52. The monoisotopic (exact) mass is 147 g/mol. The van der Waals surface area contributed by atoms with Gasteiger partial charge in [-0.05, 0) is 24.3 Å².